The Morgan fingerprint density at radius 3 is 2.31 bits per heavy atom. The van der Waals surface area contributed by atoms with Crippen LogP contribution in [0.15, 0.2) is 0 Å². The maximum Gasteiger partial charge on any atom is 0.222 e. The van der Waals surface area contributed by atoms with Gasteiger partial charge < -0.3 is 4.90 Å². The van der Waals surface area contributed by atoms with E-state index in [1.165, 1.54) is 25.7 Å². The Hall–Kier alpha value is -0.530. The van der Waals surface area contributed by atoms with Crippen LogP contribution >= 0.6 is 0 Å². The molecule has 0 saturated carbocycles. The zero-order valence-electron chi connectivity index (χ0n) is 11.1. The molecule has 2 heteroatoms. The Morgan fingerprint density at radius 1 is 1.06 bits per heavy atom. The summed E-state index contributed by atoms with van der Waals surface area (Å²) in [5.41, 5.74) is 0. The molecular weight excluding hydrogens is 198 g/mol. The van der Waals surface area contributed by atoms with Crippen LogP contribution in [-0.4, -0.2) is 24.4 Å². The van der Waals surface area contributed by atoms with E-state index in [2.05, 4.69) is 13.8 Å². The zero-order chi connectivity index (χ0) is 12.2. The van der Waals surface area contributed by atoms with Gasteiger partial charge in [-0.25, -0.2) is 0 Å². The van der Waals surface area contributed by atoms with E-state index >= 15 is 0 Å². The van der Waals surface area contributed by atoms with E-state index in [9.17, 15) is 4.79 Å². The highest BCUT2D eigenvalue weighted by Gasteiger charge is 2.06. The number of rotatable bonds is 10. The second-order valence-electron chi connectivity index (χ2n) is 4.54. The van der Waals surface area contributed by atoms with Crippen LogP contribution in [0.25, 0.3) is 0 Å². The fourth-order valence-electron chi connectivity index (χ4n) is 1.69. The van der Waals surface area contributed by atoms with E-state index in [4.69, 9.17) is 0 Å². The van der Waals surface area contributed by atoms with Gasteiger partial charge >= 0.3 is 0 Å². The molecular formula is C14H28NO. The van der Waals surface area contributed by atoms with Crippen molar-refractivity contribution >= 4 is 5.91 Å². The predicted molar refractivity (Wildman–Crippen MR) is 70.2 cm³/mol. The van der Waals surface area contributed by atoms with Crippen molar-refractivity contribution in [2.45, 2.75) is 64.7 Å². The Kier molecular flexibility index (Phi) is 10.6. The lowest BCUT2D eigenvalue weighted by molar-refractivity contribution is -0.130. The molecule has 0 saturated heterocycles. The number of unbranched alkanes of at least 4 members (excludes halogenated alkanes) is 6. The molecule has 1 radical (unpaired) electrons. The van der Waals surface area contributed by atoms with Gasteiger partial charge in [0.05, 0.1) is 0 Å². The van der Waals surface area contributed by atoms with Crippen molar-refractivity contribution in [3.63, 3.8) is 0 Å². The Labute approximate surface area is 101 Å². The first-order valence-electron chi connectivity index (χ1n) is 6.75. The summed E-state index contributed by atoms with van der Waals surface area (Å²) in [4.78, 5) is 13.5. The molecule has 0 aliphatic heterocycles. The van der Waals surface area contributed by atoms with Crippen LogP contribution in [0.4, 0.5) is 0 Å². The van der Waals surface area contributed by atoms with Crippen molar-refractivity contribution in [1.82, 2.24) is 4.90 Å². The first kappa shape index (κ1) is 15.5. The molecule has 0 aromatic carbocycles. The van der Waals surface area contributed by atoms with Gasteiger partial charge in [0.15, 0.2) is 0 Å². The van der Waals surface area contributed by atoms with Gasteiger partial charge in [-0.05, 0) is 12.8 Å². The maximum atomic E-state index is 11.7. The van der Waals surface area contributed by atoms with Crippen LogP contribution in [0.2, 0.25) is 0 Å². The summed E-state index contributed by atoms with van der Waals surface area (Å²) in [6.07, 6.45) is 10.0. The van der Waals surface area contributed by atoms with E-state index in [1.807, 2.05) is 11.9 Å². The molecule has 0 rings (SSSR count). The third-order valence-corrected chi connectivity index (χ3v) is 2.91. The molecule has 0 fully saturated rings. The summed E-state index contributed by atoms with van der Waals surface area (Å²) in [5, 5.41) is 0. The normalized spacial score (nSPS) is 10.4. The molecule has 0 aliphatic carbocycles. The number of amides is 1. The second kappa shape index (κ2) is 11.0. The van der Waals surface area contributed by atoms with Gasteiger partial charge in [-0.2, -0.15) is 0 Å². The molecule has 0 spiro atoms. The molecule has 2 nitrogen and oxygen atoms in total. The molecule has 0 aromatic heterocycles. The summed E-state index contributed by atoms with van der Waals surface area (Å²) in [6.45, 7) is 6.89. The largest absolute Gasteiger partial charge is 0.346 e. The lowest BCUT2D eigenvalue weighted by atomic mass is 10.1. The van der Waals surface area contributed by atoms with E-state index in [0.717, 1.165) is 38.6 Å². The Balaban J connectivity index is 3.35. The van der Waals surface area contributed by atoms with Gasteiger partial charge in [-0.15, -0.1) is 0 Å². The smallest absolute Gasteiger partial charge is 0.222 e. The monoisotopic (exact) mass is 226 g/mol. The standard InChI is InChI=1S/C14H28NO/c1-4-6-8-9-10-11-12-14(16)15(3)13-7-5-2/h1,4-13H2,2-3H3. The van der Waals surface area contributed by atoms with Crippen molar-refractivity contribution in [3.8, 4) is 0 Å². The Morgan fingerprint density at radius 2 is 1.69 bits per heavy atom. The Bertz CT molecular complexity index is 168. The average Bonchev–Trinajstić information content (AvgIpc) is 2.30. The second-order valence-corrected chi connectivity index (χ2v) is 4.54. The van der Waals surface area contributed by atoms with Crippen molar-refractivity contribution in [2.24, 2.45) is 0 Å². The van der Waals surface area contributed by atoms with E-state index in [0.29, 0.717) is 5.91 Å². The van der Waals surface area contributed by atoms with E-state index < -0.39 is 0 Å². The van der Waals surface area contributed by atoms with Gasteiger partial charge in [0.25, 0.3) is 0 Å². The molecule has 0 aromatic rings. The molecule has 0 aliphatic rings. The molecule has 0 unspecified atom stereocenters. The number of hydrogen-bond donors (Lipinski definition) is 0. The molecule has 0 bridgehead atoms. The predicted octanol–water partition coefficient (Wildman–Crippen LogP) is 3.81. The minimum Gasteiger partial charge on any atom is -0.346 e. The molecule has 0 N–H and O–H groups in total. The van der Waals surface area contributed by atoms with Gasteiger partial charge in [0, 0.05) is 20.0 Å². The third kappa shape index (κ3) is 8.75. The van der Waals surface area contributed by atoms with Crippen LogP contribution in [0.3, 0.4) is 0 Å². The highest BCUT2D eigenvalue weighted by Crippen LogP contribution is 2.08. The van der Waals surface area contributed by atoms with E-state index in [1.54, 1.807) is 0 Å². The first-order chi connectivity index (χ1) is 7.72. The lowest BCUT2D eigenvalue weighted by Crippen LogP contribution is -2.27. The minimum atomic E-state index is 0.311. The van der Waals surface area contributed by atoms with Crippen molar-refractivity contribution in [3.05, 3.63) is 6.92 Å². The average molecular weight is 226 g/mol. The van der Waals surface area contributed by atoms with Crippen LogP contribution in [-0.2, 0) is 4.79 Å². The molecule has 1 amide bonds. The number of carbonyl (C=O) groups excluding carboxylic acids is 1. The number of carbonyl (C=O) groups is 1. The minimum absolute atomic E-state index is 0.311. The van der Waals surface area contributed by atoms with Gasteiger partial charge in [0.1, 0.15) is 0 Å². The lowest BCUT2D eigenvalue weighted by Gasteiger charge is -2.16. The first-order valence-corrected chi connectivity index (χ1v) is 6.75. The summed E-state index contributed by atoms with van der Waals surface area (Å²) < 4.78 is 0. The van der Waals surface area contributed by atoms with Crippen LogP contribution in [0.5, 0.6) is 0 Å². The molecule has 16 heavy (non-hydrogen) atoms. The highest BCUT2D eigenvalue weighted by molar-refractivity contribution is 5.75. The quantitative estimate of drug-likeness (QED) is 0.519. The highest BCUT2D eigenvalue weighted by atomic mass is 16.2. The molecule has 0 heterocycles. The summed E-state index contributed by atoms with van der Waals surface area (Å²) >= 11 is 0. The molecule has 95 valence electrons. The summed E-state index contributed by atoms with van der Waals surface area (Å²) in [7, 11) is 1.92. The molecule has 0 atom stereocenters. The number of hydrogen-bond acceptors (Lipinski definition) is 1. The van der Waals surface area contributed by atoms with Gasteiger partial charge in [0.2, 0.25) is 5.91 Å². The summed E-state index contributed by atoms with van der Waals surface area (Å²) in [5.74, 6) is 0.311. The van der Waals surface area contributed by atoms with Crippen LogP contribution < -0.4 is 0 Å². The van der Waals surface area contributed by atoms with Crippen molar-refractivity contribution in [1.29, 1.82) is 0 Å². The fourth-order valence-corrected chi connectivity index (χ4v) is 1.69. The topological polar surface area (TPSA) is 20.3 Å². The fraction of sp³-hybridized carbons (Fsp3) is 0.857. The summed E-state index contributed by atoms with van der Waals surface area (Å²) in [6, 6.07) is 0. The van der Waals surface area contributed by atoms with Crippen LogP contribution in [0.1, 0.15) is 64.7 Å². The zero-order valence-corrected chi connectivity index (χ0v) is 11.1. The van der Waals surface area contributed by atoms with Gasteiger partial charge in [-0.1, -0.05) is 52.4 Å². The van der Waals surface area contributed by atoms with Crippen LogP contribution in [0, 0.1) is 6.92 Å². The van der Waals surface area contributed by atoms with Crippen molar-refractivity contribution in [2.75, 3.05) is 13.6 Å². The number of nitrogens with zero attached hydrogens (tertiary/aromatic N) is 1. The van der Waals surface area contributed by atoms with Gasteiger partial charge in [-0.3, -0.25) is 4.79 Å². The maximum absolute atomic E-state index is 11.7. The SMILES string of the molecule is [CH2]CCCCCCCC(=O)N(C)CCCC. The van der Waals surface area contributed by atoms with E-state index in [-0.39, 0.29) is 0 Å². The van der Waals surface area contributed by atoms with Crippen molar-refractivity contribution < 1.29 is 4.79 Å². The third-order valence-electron chi connectivity index (χ3n) is 2.91.